The number of fused-ring (bicyclic) bond motifs is 1. The Morgan fingerprint density at radius 2 is 1.88 bits per heavy atom. The number of cyclic esters (lactones) is 1. The fourth-order valence-electron chi connectivity index (χ4n) is 3.97. The Labute approximate surface area is 192 Å². The zero-order valence-corrected chi connectivity index (χ0v) is 19.5. The first-order chi connectivity index (χ1) is 15.4. The van der Waals surface area contributed by atoms with Crippen molar-refractivity contribution in [2.45, 2.75) is 59.1 Å². The van der Waals surface area contributed by atoms with Crippen LogP contribution in [0.1, 0.15) is 46.6 Å². The number of hydrogen-bond donors (Lipinski definition) is 1. The van der Waals surface area contributed by atoms with Gasteiger partial charge in [-0.3, -0.25) is 14.2 Å². The minimum absolute atomic E-state index is 0.0377. The number of carbonyl (C=O) groups is 4. The molecule has 0 radical (unpaired) electrons. The van der Waals surface area contributed by atoms with Gasteiger partial charge in [-0.05, 0) is 44.7 Å². The highest BCUT2D eigenvalue weighted by molar-refractivity contribution is 5.97. The summed E-state index contributed by atoms with van der Waals surface area (Å²) in [5.41, 5.74) is 0.500. The Morgan fingerprint density at radius 3 is 2.48 bits per heavy atom. The topological polar surface area (TPSA) is 115 Å². The number of aliphatic carboxylic acids is 1. The molecule has 1 aliphatic heterocycles. The number of nitrogens with zero attached hydrogens (tertiary/aromatic N) is 2. The van der Waals surface area contributed by atoms with Gasteiger partial charge in [0.1, 0.15) is 12.2 Å². The summed E-state index contributed by atoms with van der Waals surface area (Å²) in [6, 6.07) is 6.68. The average molecular weight is 459 g/mol. The van der Waals surface area contributed by atoms with Crippen LogP contribution in [0.3, 0.4) is 0 Å². The second-order valence-electron chi connectivity index (χ2n) is 9.62. The number of benzene rings is 1. The average Bonchev–Trinajstić information content (AvgIpc) is 3.26. The number of para-hydroxylation sites is 1. The van der Waals surface area contributed by atoms with E-state index in [0.717, 1.165) is 4.90 Å². The first-order valence-electron chi connectivity index (χ1n) is 10.9. The van der Waals surface area contributed by atoms with Gasteiger partial charge in [-0.1, -0.05) is 32.0 Å². The maximum atomic E-state index is 13.3. The lowest BCUT2D eigenvalue weighted by Gasteiger charge is -2.26. The van der Waals surface area contributed by atoms with Crippen LogP contribution in [0, 0.1) is 11.8 Å². The van der Waals surface area contributed by atoms with Crippen molar-refractivity contribution in [3.05, 3.63) is 36.0 Å². The molecule has 2 atom stereocenters. The van der Waals surface area contributed by atoms with E-state index < -0.39 is 48.0 Å². The number of amides is 2. The van der Waals surface area contributed by atoms with Crippen LogP contribution < -0.4 is 0 Å². The zero-order chi connectivity index (χ0) is 24.5. The van der Waals surface area contributed by atoms with Crippen LogP contribution in [0.2, 0.25) is 0 Å². The van der Waals surface area contributed by atoms with Crippen LogP contribution in [0.15, 0.2) is 30.5 Å². The van der Waals surface area contributed by atoms with Crippen LogP contribution in [-0.4, -0.2) is 56.9 Å². The molecule has 0 unspecified atom stereocenters. The summed E-state index contributed by atoms with van der Waals surface area (Å²) >= 11 is 0. The van der Waals surface area contributed by atoms with Crippen molar-refractivity contribution in [3.63, 3.8) is 0 Å². The van der Waals surface area contributed by atoms with Gasteiger partial charge in [0.2, 0.25) is 5.91 Å². The van der Waals surface area contributed by atoms with Crippen molar-refractivity contribution in [1.82, 2.24) is 9.47 Å². The van der Waals surface area contributed by atoms with Gasteiger partial charge in [-0.2, -0.15) is 0 Å². The number of rotatable bonds is 6. The normalized spacial score (nSPS) is 17.3. The van der Waals surface area contributed by atoms with Crippen LogP contribution in [0.25, 0.3) is 10.9 Å². The Morgan fingerprint density at radius 1 is 1.21 bits per heavy atom. The van der Waals surface area contributed by atoms with Gasteiger partial charge < -0.3 is 14.6 Å². The summed E-state index contributed by atoms with van der Waals surface area (Å²) in [7, 11) is 0. The molecule has 0 aliphatic carbocycles. The lowest BCUT2D eigenvalue weighted by Crippen LogP contribution is -2.45. The van der Waals surface area contributed by atoms with E-state index in [-0.39, 0.29) is 18.9 Å². The highest BCUT2D eigenvalue weighted by Gasteiger charge is 2.42. The maximum Gasteiger partial charge on any atom is 0.419 e. The predicted octanol–water partition coefficient (Wildman–Crippen LogP) is 4.06. The van der Waals surface area contributed by atoms with E-state index >= 15 is 0 Å². The fraction of sp³-hybridized carbons (Fsp3) is 0.500. The van der Waals surface area contributed by atoms with Gasteiger partial charge in [0.15, 0.2) is 0 Å². The van der Waals surface area contributed by atoms with Crippen LogP contribution in [0.4, 0.5) is 9.59 Å². The third-order valence-electron chi connectivity index (χ3n) is 5.53. The Kier molecular flexibility index (Phi) is 6.81. The molecule has 1 fully saturated rings. The maximum absolute atomic E-state index is 13.3. The molecule has 2 heterocycles. The molecule has 1 aromatic carbocycles. The lowest BCUT2D eigenvalue weighted by atomic mass is 9.93. The number of hydrogen-bond acceptors (Lipinski definition) is 6. The summed E-state index contributed by atoms with van der Waals surface area (Å²) in [6.45, 7) is 9.11. The minimum atomic E-state index is -1.15. The van der Waals surface area contributed by atoms with Gasteiger partial charge in [0.25, 0.3) is 0 Å². The number of carbonyl (C=O) groups excluding carboxylic acids is 3. The summed E-state index contributed by atoms with van der Waals surface area (Å²) < 4.78 is 11.9. The first kappa shape index (κ1) is 24.3. The second kappa shape index (κ2) is 9.25. The van der Waals surface area contributed by atoms with E-state index in [2.05, 4.69) is 0 Å². The molecule has 9 heteroatoms. The monoisotopic (exact) mass is 458 g/mol. The molecule has 1 aliphatic rings. The number of carboxylic acid groups (broad SMARTS) is 1. The second-order valence-corrected chi connectivity index (χ2v) is 9.62. The highest BCUT2D eigenvalue weighted by Crippen LogP contribution is 2.29. The fourth-order valence-corrected chi connectivity index (χ4v) is 3.97. The van der Waals surface area contributed by atoms with E-state index in [1.807, 2.05) is 13.8 Å². The molecule has 0 saturated carbocycles. The molecule has 1 aromatic heterocycles. The van der Waals surface area contributed by atoms with Gasteiger partial charge in [-0.25, -0.2) is 14.5 Å². The summed E-state index contributed by atoms with van der Waals surface area (Å²) in [6.07, 6.45) is -0.183. The lowest BCUT2D eigenvalue weighted by molar-refractivity contribution is -0.144. The largest absolute Gasteiger partial charge is 0.481 e. The quantitative estimate of drug-likeness (QED) is 0.694. The van der Waals surface area contributed by atoms with Gasteiger partial charge in [-0.15, -0.1) is 0 Å². The molecule has 2 amide bonds. The predicted molar refractivity (Wildman–Crippen MR) is 120 cm³/mol. The van der Waals surface area contributed by atoms with Crippen molar-refractivity contribution < 1.29 is 33.8 Å². The van der Waals surface area contributed by atoms with Crippen LogP contribution >= 0.6 is 0 Å². The van der Waals surface area contributed by atoms with Gasteiger partial charge in [0, 0.05) is 11.6 Å². The van der Waals surface area contributed by atoms with E-state index in [9.17, 15) is 24.3 Å². The van der Waals surface area contributed by atoms with Crippen molar-refractivity contribution in [1.29, 1.82) is 0 Å². The molecule has 1 N–H and O–H groups in total. The Hall–Kier alpha value is -3.36. The molecule has 33 heavy (non-hydrogen) atoms. The molecule has 1 saturated heterocycles. The van der Waals surface area contributed by atoms with Crippen molar-refractivity contribution >= 4 is 35.0 Å². The standard InChI is InChI=1S/C24H30N2O7/c1-14(2)19-13-32-23(31)26(19)21(29)15(11-20(27)28)10-16-12-25(22(30)33-24(3,4)5)18-9-7-6-8-17(16)18/h6-9,12,14-15,19H,10-11,13H2,1-5H3,(H,27,28)/t15-,19-/m1/s1. The SMILES string of the molecule is CC(C)[C@H]1COC(=O)N1C(=O)[C@@H](CC(=O)O)Cc1cn(C(=O)OC(C)(C)C)c2ccccc12. The number of ether oxygens (including phenoxy) is 2. The number of aromatic nitrogens is 1. The molecular weight excluding hydrogens is 428 g/mol. The number of carboxylic acids is 1. The Balaban J connectivity index is 1.98. The molecule has 9 nitrogen and oxygen atoms in total. The van der Waals surface area contributed by atoms with Gasteiger partial charge >= 0.3 is 18.2 Å². The molecule has 0 bridgehead atoms. The molecule has 0 spiro atoms. The van der Waals surface area contributed by atoms with E-state index in [4.69, 9.17) is 9.47 Å². The summed E-state index contributed by atoms with van der Waals surface area (Å²) in [4.78, 5) is 51.0. The number of imide groups is 1. The first-order valence-corrected chi connectivity index (χ1v) is 10.9. The van der Waals surface area contributed by atoms with Crippen LogP contribution in [-0.2, 0) is 25.5 Å². The summed E-state index contributed by atoms with van der Waals surface area (Å²) in [5, 5.41) is 10.2. The summed E-state index contributed by atoms with van der Waals surface area (Å²) in [5.74, 6) is -2.79. The minimum Gasteiger partial charge on any atom is -0.481 e. The van der Waals surface area contributed by atoms with Crippen molar-refractivity contribution in [2.24, 2.45) is 11.8 Å². The Bertz CT molecular complexity index is 1080. The van der Waals surface area contributed by atoms with Crippen molar-refractivity contribution in [3.8, 4) is 0 Å². The van der Waals surface area contributed by atoms with E-state index in [1.54, 1.807) is 51.2 Å². The molecule has 178 valence electrons. The third-order valence-corrected chi connectivity index (χ3v) is 5.53. The highest BCUT2D eigenvalue weighted by atomic mass is 16.6. The van der Waals surface area contributed by atoms with Crippen LogP contribution in [0.5, 0.6) is 0 Å². The zero-order valence-electron chi connectivity index (χ0n) is 19.5. The van der Waals surface area contributed by atoms with Crippen molar-refractivity contribution in [2.75, 3.05) is 6.61 Å². The van der Waals surface area contributed by atoms with E-state index in [1.165, 1.54) is 4.57 Å². The van der Waals surface area contributed by atoms with E-state index in [0.29, 0.717) is 16.5 Å². The molecule has 3 rings (SSSR count). The smallest absolute Gasteiger partial charge is 0.419 e. The van der Waals surface area contributed by atoms with Gasteiger partial charge in [0.05, 0.1) is 23.9 Å². The third kappa shape index (κ3) is 5.35. The molecular formula is C24H30N2O7. The molecule has 2 aromatic rings.